The molecule has 2 aromatic rings. The highest BCUT2D eigenvalue weighted by Gasteiger charge is 2.31. The van der Waals surface area contributed by atoms with E-state index in [4.69, 9.17) is 5.73 Å². The molecular weight excluding hydrogens is 244 g/mol. The lowest BCUT2D eigenvalue weighted by Gasteiger charge is -2.31. The first-order valence-corrected chi connectivity index (χ1v) is 6.38. The third kappa shape index (κ3) is 2.66. The number of benzene rings is 2. The number of nitrogens with two attached hydrogens (primary N) is 1. The van der Waals surface area contributed by atoms with Crippen molar-refractivity contribution in [2.24, 2.45) is 5.73 Å². The smallest absolute Gasteiger partial charge is 0.128 e. The Morgan fingerprint density at radius 2 is 1.74 bits per heavy atom. The van der Waals surface area contributed by atoms with Gasteiger partial charge in [0.05, 0.1) is 5.54 Å². The van der Waals surface area contributed by atoms with Gasteiger partial charge in [-0.1, -0.05) is 43.7 Å². The normalized spacial score (nSPS) is 14.1. The van der Waals surface area contributed by atoms with Crippen LogP contribution in [0.2, 0.25) is 0 Å². The van der Waals surface area contributed by atoms with Gasteiger partial charge < -0.3 is 5.73 Å². The van der Waals surface area contributed by atoms with Gasteiger partial charge in [0, 0.05) is 5.56 Å². The maximum atomic E-state index is 14.0. The van der Waals surface area contributed by atoms with E-state index in [1.165, 1.54) is 6.07 Å². The fourth-order valence-electron chi connectivity index (χ4n) is 2.40. The molecule has 0 aliphatic heterocycles. The van der Waals surface area contributed by atoms with Crippen LogP contribution in [0.4, 0.5) is 8.78 Å². The Hall–Kier alpha value is -1.74. The van der Waals surface area contributed by atoms with E-state index in [1.54, 1.807) is 0 Å². The Kier molecular flexibility index (Phi) is 3.96. The van der Waals surface area contributed by atoms with Gasteiger partial charge in [-0.25, -0.2) is 8.78 Å². The van der Waals surface area contributed by atoms with Gasteiger partial charge in [0.25, 0.3) is 0 Å². The summed E-state index contributed by atoms with van der Waals surface area (Å²) >= 11 is 0. The zero-order chi connectivity index (χ0) is 13.9. The first-order chi connectivity index (χ1) is 9.08. The highest BCUT2D eigenvalue weighted by molar-refractivity contribution is 5.38. The summed E-state index contributed by atoms with van der Waals surface area (Å²) in [6.45, 7) is 1.97. The molecule has 0 amide bonds. The molecule has 1 unspecified atom stereocenters. The second kappa shape index (κ2) is 5.49. The number of rotatable bonds is 4. The van der Waals surface area contributed by atoms with Gasteiger partial charge in [-0.05, 0) is 30.2 Å². The number of hydrogen-bond donors (Lipinski definition) is 1. The maximum Gasteiger partial charge on any atom is 0.128 e. The third-order valence-corrected chi connectivity index (χ3v) is 3.34. The van der Waals surface area contributed by atoms with Crippen molar-refractivity contribution in [3.63, 3.8) is 0 Å². The van der Waals surface area contributed by atoms with E-state index in [9.17, 15) is 8.78 Å². The van der Waals surface area contributed by atoms with E-state index in [1.807, 2.05) is 37.3 Å². The van der Waals surface area contributed by atoms with Gasteiger partial charge in [-0.3, -0.25) is 0 Å². The molecule has 19 heavy (non-hydrogen) atoms. The molecule has 3 heteroatoms. The summed E-state index contributed by atoms with van der Waals surface area (Å²) in [5, 5.41) is 0. The summed E-state index contributed by atoms with van der Waals surface area (Å²) in [4.78, 5) is 0. The standard InChI is InChI=1S/C16H17F2N/c1-2-10-16(19,12-6-4-3-5-7-12)14-11-13(17)8-9-15(14)18/h3-9,11H,2,10,19H2,1H3. The van der Waals surface area contributed by atoms with Crippen molar-refractivity contribution in [2.45, 2.75) is 25.3 Å². The van der Waals surface area contributed by atoms with E-state index < -0.39 is 17.2 Å². The first-order valence-electron chi connectivity index (χ1n) is 6.38. The molecule has 1 atom stereocenters. The molecule has 1 nitrogen and oxygen atoms in total. The van der Waals surface area contributed by atoms with Crippen LogP contribution in [-0.2, 0) is 5.54 Å². The Bertz CT molecular complexity index is 554. The van der Waals surface area contributed by atoms with Gasteiger partial charge in [0.1, 0.15) is 11.6 Å². The summed E-state index contributed by atoms with van der Waals surface area (Å²) in [5.74, 6) is -0.945. The minimum atomic E-state index is -0.998. The fraction of sp³-hybridized carbons (Fsp3) is 0.250. The topological polar surface area (TPSA) is 26.0 Å². The summed E-state index contributed by atoms with van der Waals surface area (Å²) in [6.07, 6.45) is 1.33. The second-order valence-corrected chi connectivity index (χ2v) is 4.71. The molecule has 2 N–H and O–H groups in total. The number of hydrogen-bond acceptors (Lipinski definition) is 1. The molecule has 0 aliphatic carbocycles. The lowest BCUT2D eigenvalue weighted by atomic mass is 9.80. The van der Waals surface area contributed by atoms with Crippen molar-refractivity contribution >= 4 is 0 Å². The van der Waals surface area contributed by atoms with Crippen LogP contribution in [0.1, 0.15) is 30.9 Å². The monoisotopic (exact) mass is 261 g/mol. The predicted octanol–water partition coefficient (Wildman–Crippen LogP) is 3.97. The Balaban J connectivity index is 2.59. The van der Waals surface area contributed by atoms with Crippen LogP contribution in [0.25, 0.3) is 0 Å². The van der Waals surface area contributed by atoms with Crippen LogP contribution >= 0.6 is 0 Å². The molecule has 0 heterocycles. The van der Waals surface area contributed by atoms with E-state index in [0.717, 1.165) is 24.1 Å². The molecule has 0 bridgehead atoms. The summed E-state index contributed by atoms with van der Waals surface area (Å²) in [6, 6.07) is 12.7. The molecule has 0 aromatic heterocycles. The number of halogens is 2. The SMILES string of the molecule is CCCC(N)(c1ccccc1)c1cc(F)ccc1F. The van der Waals surface area contributed by atoms with Gasteiger partial charge in [-0.15, -0.1) is 0 Å². The van der Waals surface area contributed by atoms with E-state index in [0.29, 0.717) is 6.42 Å². The molecule has 2 rings (SSSR count). The predicted molar refractivity (Wildman–Crippen MR) is 72.7 cm³/mol. The molecule has 0 saturated heterocycles. The average molecular weight is 261 g/mol. The van der Waals surface area contributed by atoms with Crippen molar-refractivity contribution in [3.05, 3.63) is 71.3 Å². The fourth-order valence-corrected chi connectivity index (χ4v) is 2.40. The minimum absolute atomic E-state index is 0.209. The van der Waals surface area contributed by atoms with Gasteiger partial charge in [0.15, 0.2) is 0 Å². The molecule has 0 radical (unpaired) electrons. The third-order valence-electron chi connectivity index (χ3n) is 3.34. The average Bonchev–Trinajstić information content (AvgIpc) is 2.42. The quantitative estimate of drug-likeness (QED) is 0.885. The zero-order valence-corrected chi connectivity index (χ0v) is 10.9. The summed E-state index contributed by atoms with van der Waals surface area (Å²) < 4.78 is 27.4. The summed E-state index contributed by atoms with van der Waals surface area (Å²) in [7, 11) is 0. The Morgan fingerprint density at radius 3 is 2.37 bits per heavy atom. The molecular formula is C16H17F2N. The van der Waals surface area contributed by atoms with Crippen molar-refractivity contribution in [3.8, 4) is 0 Å². The van der Waals surface area contributed by atoms with Crippen LogP contribution in [0.15, 0.2) is 48.5 Å². The lowest BCUT2D eigenvalue weighted by molar-refractivity contribution is 0.450. The van der Waals surface area contributed by atoms with Crippen LogP contribution < -0.4 is 5.73 Å². The molecule has 0 spiro atoms. The molecule has 2 aromatic carbocycles. The van der Waals surface area contributed by atoms with E-state index >= 15 is 0 Å². The Labute approximate surface area is 112 Å². The van der Waals surface area contributed by atoms with Crippen molar-refractivity contribution < 1.29 is 8.78 Å². The Morgan fingerprint density at radius 1 is 1.05 bits per heavy atom. The largest absolute Gasteiger partial charge is 0.318 e. The second-order valence-electron chi connectivity index (χ2n) is 4.71. The van der Waals surface area contributed by atoms with Crippen LogP contribution in [0.5, 0.6) is 0 Å². The maximum absolute atomic E-state index is 14.0. The van der Waals surface area contributed by atoms with Gasteiger partial charge in [0.2, 0.25) is 0 Å². The molecule has 100 valence electrons. The highest BCUT2D eigenvalue weighted by atomic mass is 19.1. The van der Waals surface area contributed by atoms with E-state index in [-0.39, 0.29) is 5.56 Å². The molecule has 0 saturated carbocycles. The highest BCUT2D eigenvalue weighted by Crippen LogP contribution is 2.33. The van der Waals surface area contributed by atoms with Crippen LogP contribution in [-0.4, -0.2) is 0 Å². The van der Waals surface area contributed by atoms with Crippen molar-refractivity contribution in [1.82, 2.24) is 0 Å². The van der Waals surface area contributed by atoms with E-state index in [2.05, 4.69) is 0 Å². The molecule has 0 fully saturated rings. The first kappa shape index (κ1) is 13.7. The van der Waals surface area contributed by atoms with Gasteiger partial charge in [-0.2, -0.15) is 0 Å². The lowest BCUT2D eigenvalue weighted by Crippen LogP contribution is -2.38. The summed E-state index contributed by atoms with van der Waals surface area (Å²) in [5.41, 5.74) is 6.42. The van der Waals surface area contributed by atoms with Crippen molar-refractivity contribution in [1.29, 1.82) is 0 Å². The minimum Gasteiger partial charge on any atom is -0.318 e. The van der Waals surface area contributed by atoms with Crippen LogP contribution in [0.3, 0.4) is 0 Å². The van der Waals surface area contributed by atoms with Gasteiger partial charge >= 0.3 is 0 Å². The van der Waals surface area contributed by atoms with Crippen molar-refractivity contribution in [2.75, 3.05) is 0 Å². The molecule has 0 aliphatic rings. The zero-order valence-electron chi connectivity index (χ0n) is 10.9. The van der Waals surface area contributed by atoms with Crippen LogP contribution in [0, 0.1) is 11.6 Å².